The van der Waals surface area contributed by atoms with E-state index in [-0.39, 0.29) is 36.4 Å². The van der Waals surface area contributed by atoms with E-state index >= 15 is 0 Å². The lowest BCUT2D eigenvalue weighted by Crippen LogP contribution is -2.44. The molecule has 0 saturated carbocycles. The molecule has 1 unspecified atom stereocenters. The van der Waals surface area contributed by atoms with Crippen molar-refractivity contribution in [2.45, 2.75) is 26.3 Å². The summed E-state index contributed by atoms with van der Waals surface area (Å²) in [4.78, 5) is 16.1. The van der Waals surface area contributed by atoms with Crippen molar-refractivity contribution in [2.24, 2.45) is 10.9 Å². The van der Waals surface area contributed by atoms with Crippen LogP contribution in [0.25, 0.3) is 0 Å². The van der Waals surface area contributed by atoms with Gasteiger partial charge in [-0.05, 0) is 42.2 Å². The Hall–Kier alpha value is -1.55. The molecule has 1 aromatic carbocycles. The summed E-state index contributed by atoms with van der Waals surface area (Å²) in [6, 6.07) is 12.0. The number of halogens is 2. The average Bonchev–Trinajstić information content (AvgIpc) is 3.19. The smallest absolute Gasteiger partial charge is 0.239 e. The number of hydrogen-bond acceptors (Lipinski definition) is 3. The highest BCUT2D eigenvalue weighted by Crippen LogP contribution is 2.16. The molecule has 0 radical (unpaired) electrons. The highest BCUT2D eigenvalue weighted by atomic mass is 127. The summed E-state index contributed by atoms with van der Waals surface area (Å²) in [6.45, 7) is 3.51. The number of hydrogen-bond donors (Lipinski definition) is 3. The van der Waals surface area contributed by atoms with Crippen LogP contribution in [-0.2, 0) is 17.8 Å². The molecular formula is C20H28BrIN4O2. The van der Waals surface area contributed by atoms with Gasteiger partial charge in [0.1, 0.15) is 5.76 Å². The van der Waals surface area contributed by atoms with Crippen LogP contribution in [0.3, 0.4) is 0 Å². The zero-order valence-electron chi connectivity index (χ0n) is 16.2. The van der Waals surface area contributed by atoms with E-state index in [0.29, 0.717) is 18.4 Å². The van der Waals surface area contributed by atoms with Gasteiger partial charge in [0.2, 0.25) is 5.91 Å². The van der Waals surface area contributed by atoms with Gasteiger partial charge in [-0.1, -0.05) is 41.4 Å². The van der Waals surface area contributed by atoms with Gasteiger partial charge in [0.25, 0.3) is 0 Å². The summed E-state index contributed by atoms with van der Waals surface area (Å²) in [6.07, 6.45) is 3.63. The molecule has 0 saturated heterocycles. The molecule has 2 rings (SSSR count). The highest BCUT2D eigenvalue weighted by Gasteiger charge is 2.10. The number of furan rings is 1. The largest absolute Gasteiger partial charge is 0.467 e. The number of rotatable bonds is 9. The number of nitrogens with one attached hydrogen (secondary N) is 3. The highest BCUT2D eigenvalue weighted by molar-refractivity contribution is 14.0. The van der Waals surface area contributed by atoms with Gasteiger partial charge in [0.15, 0.2) is 5.96 Å². The molecule has 1 atom stereocenters. The number of carbonyl (C=O) groups excluding carboxylic acids is 1. The third-order valence-corrected chi connectivity index (χ3v) is 4.72. The fourth-order valence-electron chi connectivity index (χ4n) is 2.65. The molecule has 0 spiro atoms. The molecule has 0 fully saturated rings. The van der Waals surface area contributed by atoms with Crippen LogP contribution in [0.15, 0.2) is 56.5 Å². The molecule has 0 aliphatic carbocycles. The van der Waals surface area contributed by atoms with Crippen molar-refractivity contribution >= 4 is 51.8 Å². The minimum absolute atomic E-state index is 0. The Labute approximate surface area is 192 Å². The van der Waals surface area contributed by atoms with Gasteiger partial charge in [-0.15, -0.1) is 24.0 Å². The van der Waals surface area contributed by atoms with E-state index in [1.165, 1.54) is 5.56 Å². The molecule has 1 aromatic heterocycles. The number of aliphatic imine (C=N–C) groups is 1. The van der Waals surface area contributed by atoms with Crippen molar-refractivity contribution < 1.29 is 9.21 Å². The Balaban J connectivity index is 0.00000392. The summed E-state index contributed by atoms with van der Waals surface area (Å²) in [5.74, 6) is 1.71. The molecule has 1 heterocycles. The minimum Gasteiger partial charge on any atom is -0.467 e. The summed E-state index contributed by atoms with van der Waals surface area (Å²) < 4.78 is 6.29. The molecule has 0 aliphatic rings. The lowest BCUT2D eigenvalue weighted by atomic mass is 9.97. The number of carbonyl (C=O) groups is 1. The SMILES string of the molecule is CCC(CNC(=NC)NCC(=O)NCc1ccco1)Cc1cccc(Br)c1.I. The van der Waals surface area contributed by atoms with Gasteiger partial charge in [0, 0.05) is 18.1 Å². The zero-order chi connectivity index (χ0) is 19.5. The van der Waals surface area contributed by atoms with E-state index in [9.17, 15) is 4.79 Å². The average molecular weight is 563 g/mol. The molecule has 1 amide bonds. The quantitative estimate of drug-likeness (QED) is 0.247. The maximum absolute atomic E-state index is 11.9. The molecule has 154 valence electrons. The molecule has 3 N–H and O–H groups in total. The maximum atomic E-state index is 11.9. The van der Waals surface area contributed by atoms with Crippen LogP contribution in [-0.4, -0.2) is 32.0 Å². The van der Waals surface area contributed by atoms with E-state index in [0.717, 1.165) is 29.6 Å². The van der Waals surface area contributed by atoms with E-state index < -0.39 is 0 Å². The Morgan fingerprint density at radius 1 is 1.21 bits per heavy atom. The van der Waals surface area contributed by atoms with Crippen LogP contribution in [0.2, 0.25) is 0 Å². The Kier molecular flexibility index (Phi) is 11.9. The van der Waals surface area contributed by atoms with Crippen molar-refractivity contribution in [3.63, 3.8) is 0 Å². The van der Waals surface area contributed by atoms with Gasteiger partial charge in [-0.2, -0.15) is 0 Å². The van der Waals surface area contributed by atoms with Crippen LogP contribution in [0.4, 0.5) is 0 Å². The topological polar surface area (TPSA) is 78.7 Å². The third-order valence-electron chi connectivity index (χ3n) is 4.23. The Morgan fingerprint density at radius 3 is 2.68 bits per heavy atom. The van der Waals surface area contributed by atoms with E-state index in [2.05, 4.69) is 62.0 Å². The van der Waals surface area contributed by atoms with Gasteiger partial charge in [0.05, 0.1) is 19.4 Å². The van der Waals surface area contributed by atoms with E-state index in [4.69, 9.17) is 4.42 Å². The fraction of sp³-hybridized carbons (Fsp3) is 0.400. The van der Waals surface area contributed by atoms with Gasteiger partial charge in [-0.25, -0.2) is 0 Å². The fourth-order valence-corrected chi connectivity index (χ4v) is 3.09. The number of nitrogens with zero attached hydrogens (tertiary/aromatic N) is 1. The number of benzene rings is 1. The summed E-state index contributed by atoms with van der Waals surface area (Å²) in [5, 5.41) is 9.15. The van der Waals surface area contributed by atoms with Crippen LogP contribution in [0.1, 0.15) is 24.7 Å². The lowest BCUT2D eigenvalue weighted by molar-refractivity contribution is -0.120. The predicted octanol–water partition coefficient (Wildman–Crippen LogP) is 3.71. The molecule has 6 nitrogen and oxygen atoms in total. The third kappa shape index (κ3) is 9.09. The minimum atomic E-state index is -0.115. The second-order valence-corrected chi connectivity index (χ2v) is 7.19. The van der Waals surface area contributed by atoms with Crippen LogP contribution in [0, 0.1) is 5.92 Å². The molecule has 2 aromatic rings. The Morgan fingerprint density at radius 2 is 2.04 bits per heavy atom. The lowest BCUT2D eigenvalue weighted by Gasteiger charge is -2.18. The van der Waals surface area contributed by atoms with Crippen LogP contribution < -0.4 is 16.0 Å². The number of amides is 1. The van der Waals surface area contributed by atoms with Crippen molar-refractivity contribution in [1.82, 2.24) is 16.0 Å². The first-order valence-electron chi connectivity index (χ1n) is 9.08. The number of guanidine groups is 1. The second kappa shape index (κ2) is 13.6. The maximum Gasteiger partial charge on any atom is 0.239 e. The first kappa shape index (κ1) is 24.5. The predicted molar refractivity (Wildman–Crippen MR) is 127 cm³/mol. The van der Waals surface area contributed by atoms with E-state index in [1.807, 2.05) is 12.1 Å². The van der Waals surface area contributed by atoms with Gasteiger partial charge >= 0.3 is 0 Å². The molecule has 0 aliphatic heterocycles. The van der Waals surface area contributed by atoms with Crippen molar-refractivity contribution in [3.05, 3.63) is 58.5 Å². The standard InChI is InChI=1S/C20H27BrN4O2.HI/c1-3-15(10-16-6-4-7-17(21)11-16)12-24-20(22-2)25-14-19(26)23-13-18-8-5-9-27-18;/h4-9,11,15H,3,10,12-14H2,1-2H3,(H,23,26)(H2,22,24,25);1H. The molecular weight excluding hydrogens is 535 g/mol. The molecule has 0 bridgehead atoms. The second-order valence-electron chi connectivity index (χ2n) is 6.27. The van der Waals surface area contributed by atoms with Crippen LogP contribution >= 0.6 is 39.9 Å². The van der Waals surface area contributed by atoms with Crippen molar-refractivity contribution in [1.29, 1.82) is 0 Å². The van der Waals surface area contributed by atoms with Crippen molar-refractivity contribution in [2.75, 3.05) is 20.1 Å². The Bertz CT molecular complexity index is 738. The summed E-state index contributed by atoms with van der Waals surface area (Å²) in [7, 11) is 1.70. The molecule has 8 heteroatoms. The summed E-state index contributed by atoms with van der Waals surface area (Å²) in [5.41, 5.74) is 1.30. The van der Waals surface area contributed by atoms with E-state index in [1.54, 1.807) is 19.4 Å². The molecule has 28 heavy (non-hydrogen) atoms. The summed E-state index contributed by atoms with van der Waals surface area (Å²) >= 11 is 3.52. The first-order chi connectivity index (χ1) is 13.1. The van der Waals surface area contributed by atoms with Gasteiger partial charge < -0.3 is 20.4 Å². The van der Waals surface area contributed by atoms with Gasteiger partial charge in [-0.3, -0.25) is 9.79 Å². The van der Waals surface area contributed by atoms with Crippen LogP contribution in [0.5, 0.6) is 0 Å². The normalized spacial score (nSPS) is 12.0. The van der Waals surface area contributed by atoms with Crippen molar-refractivity contribution in [3.8, 4) is 0 Å². The monoisotopic (exact) mass is 562 g/mol. The first-order valence-corrected chi connectivity index (χ1v) is 9.88. The zero-order valence-corrected chi connectivity index (χ0v) is 20.1.